The number of nitrogens with zero attached hydrogens (tertiary/aromatic N) is 3. The zero-order valence-electron chi connectivity index (χ0n) is 9.64. The Kier molecular flexibility index (Phi) is 2.35. The third-order valence-electron chi connectivity index (χ3n) is 3.06. The molecule has 1 N–H and O–H groups in total. The molecule has 6 heteroatoms. The van der Waals surface area contributed by atoms with Gasteiger partial charge in [-0.25, -0.2) is 4.98 Å². The molecule has 1 aromatic heterocycles. The van der Waals surface area contributed by atoms with Gasteiger partial charge in [0, 0.05) is 6.54 Å². The Bertz CT molecular complexity index is 459. The molecule has 1 aliphatic carbocycles. The van der Waals surface area contributed by atoms with Gasteiger partial charge in [-0.3, -0.25) is 4.79 Å². The number of aromatic nitrogens is 2. The minimum Gasteiger partial charge on any atom is -0.479 e. The predicted octanol–water partition coefficient (Wildman–Crippen LogP) is 0.654. The van der Waals surface area contributed by atoms with Crippen LogP contribution in [-0.2, 0) is 4.79 Å². The van der Waals surface area contributed by atoms with Crippen molar-refractivity contribution in [1.29, 1.82) is 0 Å². The van der Waals surface area contributed by atoms with Crippen molar-refractivity contribution in [3.63, 3.8) is 0 Å². The summed E-state index contributed by atoms with van der Waals surface area (Å²) in [7, 11) is 1.54. The highest BCUT2D eigenvalue weighted by molar-refractivity contribution is 6.01. The molecule has 0 saturated heterocycles. The van der Waals surface area contributed by atoms with Gasteiger partial charge in [0.25, 0.3) is 0 Å². The second-order valence-electron chi connectivity index (χ2n) is 4.45. The quantitative estimate of drug-likeness (QED) is 0.831. The van der Waals surface area contributed by atoms with Crippen molar-refractivity contribution in [2.45, 2.75) is 12.8 Å². The summed E-state index contributed by atoms with van der Waals surface area (Å²) in [5.41, 5.74) is 0.590. The molecule has 0 aromatic carbocycles. The molecule has 0 bridgehead atoms. The van der Waals surface area contributed by atoms with Crippen molar-refractivity contribution in [2.75, 3.05) is 30.4 Å². The number of anilines is 2. The fraction of sp³-hybridized carbons (Fsp3) is 0.545. The van der Waals surface area contributed by atoms with E-state index < -0.39 is 0 Å². The lowest BCUT2D eigenvalue weighted by Crippen LogP contribution is -2.40. The zero-order chi connectivity index (χ0) is 11.8. The Labute approximate surface area is 99.0 Å². The van der Waals surface area contributed by atoms with E-state index in [9.17, 15) is 4.79 Å². The minimum atomic E-state index is -0.0359. The van der Waals surface area contributed by atoms with Gasteiger partial charge in [-0.2, -0.15) is 4.98 Å². The van der Waals surface area contributed by atoms with E-state index >= 15 is 0 Å². The van der Waals surface area contributed by atoms with Crippen molar-refractivity contribution in [2.24, 2.45) is 5.92 Å². The largest absolute Gasteiger partial charge is 0.479 e. The molecule has 1 aromatic rings. The fourth-order valence-corrected chi connectivity index (χ4v) is 2.05. The van der Waals surface area contributed by atoms with Gasteiger partial charge in [-0.1, -0.05) is 0 Å². The van der Waals surface area contributed by atoms with Gasteiger partial charge in [0.05, 0.1) is 13.7 Å². The third kappa shape index (κ3) is 1.90. The number of hydrogen-bond acceptors (Lipinski definition) is 5. The summed E-state index contributed by atoms with van der Waals surface area (Å²) in [6, 6.07) is 0. The van der Waals surface area contributed by atoms with E-state index in [4.69, 9.17) is 4.74 Å². The first-order chi connectivity index (χ1) is 8.28. The molecule has 3 rings (SSSR count). The number of rotatable bonds is 3. The van der Waals surface area contributed by atoms with Crippen LogP contribution in [-0.4, -0.2) is 36.1 Å². The number of ether oxygens (including phenoxy) is 1. The number of methoxy groups -OCH3 is 1. The lowest BCUT2D eigenvalue weighted by molar-refractivity contribution is -0.115. The number of carbonyl (C=O) groups excluding carboxylic acids is 1. The number of amides is 1. The SMILES string of the molecule is COc1ncnc2c1NC(=O)CN2CC1CC1. The fourth-order valence-electron chi connectivity index (χ4n) is 2.05. The summed E-state index contributed by atoms with van der Waals surface area (Å²) in [5, 5.41) is 2.77. The number of nitrogens with one attached hydrogen (secondary N) is 1. The van der Waals surface area contributed by atoms with E-state index in [1.165, 1.54) is 26.3 Å². The predicted molar refractivity (Wildman–Crippen MR) is 62.2 cm³/mol. The Morgan fingerprint density at radius 2 is 2.35 bits per heavy atom. The first-order valence-corrected chi connectivity index (χ1v) is 5.71. The second kappa shape index (κ2) is 3.87. The van der Waals surface area contributed by atoms with Gasteiger partial charge < -0.3 is 15.0 Å². The number of hydrogen-bond donors (Lipinski definition) is 1. The monoisotopic (exact) mass is 234 g/mol. The highest BCUT2D eigenvalue weighted by Crippen LogP contribution is 2.37. The Morgan fingerprint density at radius 1 is 1.53 bits per heavy atom. The molecule has 0 atom stereocenters. The van der Waals surface area contributed by atoms with E-state index in [2.05, 4.69) is 15.3 Å². The van der Waals surface area contributed by atoms with Crippen molar-refractivity contribution in [3.8, 4) is 5.88 Å². The van der Waals surface area contributed by atoms with Gasteiger partial charge >= 0.3 is 0 Å². The first kappa shape index (κ1) is 10.3. The maximum Gasteiger partial charge on any atom is 0.244 e. The van der Waals surface area contributed by atoms with Crippen LogP contribution in [0.15, 0.2) is 6.33 Å². The van der Waals surface area contributed by atoms with Gasteiger partial charge in [-0.15, -0.1) is 0 Å². The lowest BCUT2D eigenvalue weighted by Gasteiger charge is -2.29. The second-order valence-corrected chi connectivity index (χ2v) is 4.45. The molecule has 1 fully saturated rings. The van der Waals surface area contributed by atoms with Crippen LogP contribution in [0.4, 0.5) is 11.5 Å². The van der Waals surface area contributed by atoms with Crippen LogP contribution >= 0.6 is 0 Å². The smallest absolute Gasteiger partial charge is 0.244 e. The summed E-state index contributed by atoms with van der Waals surface area (Å²) >= 11 is 0. The molecule has 2 heterocycles. The van der Waals surface area contributed by atoms with Gasteiger partial charge in [0.1, 0.15) is 12.0 Å². The maximum absolute atomic E-state index is 11.6. The van der Waals surface area contributed by atoms with Crippen LogP contribution < -0.4 is 15.0 Å². The van der Waals surface area contributed by atoms with E-state index in [0.29, 0.717) is 24.0 Å². The molecule has 0 radical (unpaired) electrons. The summed E-state index contributed by atoms with van der Waals surface area (Å²) in [4.78, 5) is 21.9. The molecule has 0 unspecified atom stereocenters. The summed E-state index contributed by atoms with van der Waals surface area (Å²) in [6.07, 6.45) is 3.96. The molecule has 0 spiro atoms. The molecule has 6 nitrogen and oxygen atoms in total. The van der Waals surface area contributed by atoms with Crippen LogP contribution in [0.25, 0.3) is 0 Å². The Hall–Kier alpha value is -1.85. The van der Waals surface area contributed by atoms with Gasteiger partial charge in [0.2, 0.25) is 11.8 Å². The van der Waals surface area contributed by atoms with Crippen molar-refractivity contribution < 1.29 is 9.53 Å². The Morgan fingerprint density at radius 3 is 3.06 bits per heavy atom. The summed E-state index contributed by atoms with van der Waals surface area (Å²) in [6.45, 7) is 1.25. The lowest BCUT2D eigenvalue weighted by atomic mass is 10.2. The molecule has 2 aliphatic rings. The molecule has 1 amide bonds. The summed E-state index contributed by atoms with van der Waals surface area (Å²) < 4.78 is 5.14. The van der Waals surface area contributed by atoms with Crippen LogP contribution in [0, 0.1) is 5.92 Å². The minimum absolute atomic E-state index is 0.0359. The van der Waals surface area contributed by atoms with E-state index in [1.54, 1.807) is 0 Å². The molecule has 90 valence electrons. The molecule has 1 aliphatic heterocycles. The highest BCUT2D eigenvalue weighted by atomic mass is 16.5. The molecular weight excluding hydrogens is 220 g/mol. The highest BCUT2D eigenvalue weighted by Gasteiger charge is 2.31. The normalized spacial score (nSPS) is 18.6. The van der Waals surface area contributed by atoms with Crippen LogP contribution in [0.5, 0.6) is 5.88 Å². The maximum atomic E-state index is 11.6. The summed E-state index contributed by atoms with van der Waals surface area (Å²) in [5.74, 6) is 1.85. The topological polar surface area (TPSA) is 67.4 Å². The van der Waals surface area contributed by atoms with Crippen molar-refractivity contribution in [1.82, 2.24) is 9.97 Å². The molecule has 1 saturated carbocycles. The average Bonchev–Trinajstić information content (AvgIpc) is 3.12. The molecule has 17 heavy (non-hydrogen) atoms. The molecular formula is C11H14N4O2. The van der Waals surface area contributed by atoms with Crippen molar-refractivity contribution in [3.05, 3.63) is 6.33 Å². The van der Waals surface area contributed by atoms with Gasteiger partial charge in [-0.05, 0) is 18.8 Å². The van der Waals surface area contributed by atoms with E-state index in [0.717, 1.165) is 12.4 Å². The zero-order valence-corrected chi connectivity index (χ0v) is 9.64. The average molecular weight is 234 g/mol. The standard InChI is InChI=1S/C11H14N4O2/c1-17-11-9-10(12-6-13-11)15(4-7-2-3-7)5-8(16)14-9/h6-7H,2-5H2,1H3,(H,14,16). The van der Waals surface area contributed by atoms with E-state index in [1.807, 2.05) is 4.90 Å². The third-order valence-corrected chi connectivity index (χ3v) is 3.06. The van der Waals surface area contributed by atoms with Crippen molar-refractivity contribution >= 4 is 17.4 Å². The van der Waals surface area contributed by atoms with E-state index in [-0.39, 0.29) is 5.91 Å². The van der Waals surface area contributed by atoms with Crippen LogP contribution in [0.2, 0.25) is 0 Å². The van der Waals surface area contributed by atoms with Crippen LogP contribution in [0.3, 0.4) is 0 Å². The Balaban J connectivity index is 1.96. The van der Waals surface area contributed by atoms with Crippen LogP contribution in [0.1, 0.15) is 12.8 Å². The number of fused-ring (bicyclic) bond motifs is 1. The first-order valence-electron chi connectivity index (χ1n) is 5.71. The number of carbonyl (C=O) groups is 1. The van der Waals surface area contributed by atoms with Gasteiger partial charge in [0.15, 0.2) is 5.82 Å².